The quantitative estimate of drug-likeness (QED) is 0.0843. The van der Waals surface area contributed by atoms with E-state index in [1.54, 1.807) is 0 Å². The van der Waals surface area contributed by atoms with E-state index in [1.165, 1.54) is 114 Å². The lowest BCUT2D eigenvalue weighted by Gasteiger charge is -2.73. The summed E-state index contributed by atoms with van der Waals surface area (Å²) in [6.45, 7) is 40.8. The average molecular weight is 895 g/mol. The molecule has 0 unspecified atom stereocenters. The van der Waals surface area contributed by atoms with Crippen LogP contribution in [-0.2, 0) is 4.74 Å². The molecule has 5 nitrogen and oxygen atoms in total. The first-order valence-electron chi connectivity index (χ1n) is 27.9. The van der Waals surface area contributed by atoms with Crippen LogP contribution in [0.3, 0.4) is 0 Å². The van der Waals surface area contributed by atoms with E-state index in [-0.39, 0.29) is 60.9 Å². The van der Waals surface area contributed by atoms with Crippen LogP contribution in [0.1, 0.15) is 212 Å². The molecule has 0 amide bonds. The first-order chi connectivity index (χ1) is 30.3. The third kappa shape index (κ3) is 5.84. The van der Waals surface area contributed by atoms with Crippen molar-refractivity contribution in [1.29, 1.82) is 0 Å². The predicted octanol–water partition coefficient (Wildman–Crippen LogP) is 14.3. The van der Waals surface area contributed by atoms with Crippen LogP contribution >= 0.6 is 0 Å². The number of rotatable bonds is 5. The van der Waals surface area contributed by atoms with Crippen LogP contribution in [0.2, 0.25) is 0 Å². The van der Waals surface area contributed by atoms with Crippen LogP contribution in [0.15, 0.2) is 29.4 Å². The zero-order valence-electron chi connectivity index (χ0n) is 44.0. The number of hydrogen-bond acceptors (Lipinski definition) is 5. The minimum Gasteiger partial charge on any atom is -0.479 e. The summed E-state index contributed by atoms with van der Waals surface area (Å²) in [6, 6.07) is 0. The molecule has 366 valence electrons. The Morgan fingerprint density at radius 2 is 0.969 bits per heavy atom. The van der Waals surface area contributed by atoms with Crippen molar-refractivity contribution in [2.45, 2.75) is 224 Å². The van der Waals surface area contributed by atoms with E-state index in [2.05, 4.69) is 83.1 Å². The molecule has 5 heteroatoms. The highest BCUT2D eigenvalue weighted by atomic mass is 16.5. The summed E-state index contributed by atoms with van der Waals surface area (Å²) in [6.07, 6.45) is 23.8. The average Bonchev–Trinajstić information content (AvgIpc) is 3.83. The van der Waals surface area contributed by atoms with Gasteiger partial charge in [-0.25, -0.2) is 0 Å². The Bertz CT molecular complexity index is 1970. The summed E-state index contributed by atoms with van der Waals surface area (Å²) in [5.41, 5.74) is 4.31. The highest BCUT2D eigenvalue weighted by Crippen LogP contribution is 2.80. The molecule has 4 N–H and O–H groups in total. The molecule has 10 rings (SSSR count). The molecular weight excluding hydrogens is 797 g/mol. The number of aliphatic hydroxyl groups is 2. The SMILES string of the molecule is C=C(C)[C@@H]1CC[C@]2(COC(=NN)[C@]34CC[C@@H](C(=C)C)[C@@H]3[C@H]3CC[C@@H]5[C@@]6(C)CC[C@H](O)C(C)(C)[C@@H]6CC[C@@]5(C)[C@]3(C)CC4)CC[C@]3(C)[C@H](CC[C@@H]4[C@@]5(C)CC[C@H](O)C(C)(C)[C@@H]5CC[C@]43C)[C@@H]12. The zero-order valence-corrected chi connectivity index (χ0v) is 44.0. The van der Waals surface area contributed by atoms with Gasteiger partial charge in [-0.05, 0) is 245 Å². The van der Waals surface area contributed by atoms with Crippen molar-refractivity contribution in [3.8, 4) is 0 Å². The first-order valence-corrected chi connectivity index (χ1v) is 27.9. The number of nitrogens with zero attached hydrogens (tertiary/aromatic N) is 1. The maximum Gasteiger partial charge on any atom is 0.212 e. The molecule has 10 aliphatic carbocycles. The molecule has 0 radical (unpaired) electrons. The monoisotopic (exact) mass is 895 g/mol. The second-order valence-electron chi connectivity index (χ2n) is 29.4. The summed E-state index contributed by atoms with van der Waals surface area (Å²) in [7, 11) is 0. The molecule has 20 atom stereocenters. The van der Waals surface area contributed by atoms with Gasteiger partial charge in [0.25, 0.3) is 0 Å². The van der Waals surface area contributed by atoms with Crippen LogP contribution in [0.25, 0.3) is 0 Å². The highest BCUT2D eigenvalue weighted by molar-refractivity contribution is 5.84. The molecule has 0 heterocycles. The van der Waals surface area contributed by atoms with Crippen molar-refractivity contribution in [3.63, 3.8) is 0 Å². The van der Waals surface area contributed by atoms with Crippen LogP contribution in [0.4, 0.5) is 0 Å². The van der Waals surface area contributed by atoms with Gasteiger partial charge in [-0.15, -0.1) is 5.10 Å². The van der Waals surface area contributed by atoms with Gasteiger partial charge in [-0.2, -0.15) is 0 Å². The molecule has 10 fully saturated rings. The number of allylic oxidation sites excluding steroid dienone is 2. The molecule has 0 aliphatic heterocycles. The van der Waals surface area contributed by atoms with Crippen molar-refractivity contribution < 1.29 is 14.9 Å². The number of hydrogen-bond donors (Lipinski definition) is 3. The Morgan fingerprint density at radius 3 is 1.46 bits per heavy atom. The van der Waals surface area contributed by atoms with E-state index < -0.39 is 0 Å². The van der Waals surface area contributed by atoms with Crippen molar-refractivity contribution in [2.24, 2.45) is 124 Å². The van der Waals surface area contributed by atoms with Gasteiger partial charge >= 0.3 is 0 Å². The number of ether oxygens (including phenoxy) is 1. The molecule has 65 heavy (non-hydrogen) atoms. The topological polar surface area (TPSA) is 88.1 Å². The maximum absolute atomic E-state index is 11.3. The van der Waals surface area contributed by atoms with E-state index >= 15 is 0 Å². The Labute approximate surface area is 398 Å². The van der Waals surface area contributed by atoms with Crippen molar-refractivity contribution >= 4 is 5.90 Å². The molecule has 10 saturated carbocycles. The molecule has 0 aromatic carbocycles. The summed E-state index contributed by atoms with van der Waals surface area (Å²) in [4.78, 5) is 0. The lowest BCUT2D eigenvalue weighted by Crippen LogP contribution is -2.67. The molecule has 0 aromatic rings. The predicted molar refractivity (Wildman–Crippen MR) is 268 cm³/mol. The van der Waals surface area contributed by atoms with Gasteiger partial charge in [0, 0.05) is 5.41 Å². The summed E-state index contributed by atoms with van der Waals surface area (Å²) < 4.78 is 7.58. The lowest BCUT2D eigenvalue weighted by atomic mass is 9.32. The van der Waals surface area contributed by atoms with Gasteiger partial charge in [-0.1, -0.05) is 93.5 Å². The minimum atomic E-state index is -0.188. The van der Waals surface area contributed by atoms with Gasteiger partial charge in [0.1, 0.15) is 0 Å². The van der Waals surface area contributed by atoms with Crippen LogP contribution in [0, 0.1) is 113 Å². The summed E-state index contributed by atoms with van der Waals surface area (Å²) in [5.74, 6) is 13.6. The Kier molecular flexibility index (Phi) is 10.8. The van der Waals surface area contributed by atoms with Gasteiger partial charge in [0.2, 0.25) is 5.90 Å². The van der Waals surface area contributed by atoms with Gasteiger partial charge < -0.3 is 20.8 Å². The third-order valence-corrected chi connectivity index (χ3v) is 27.3. The van der Waals surface area contributed by atoms with Crippen molar-refractivity contribution in [2.75, 3.05) is 6.61 Å². The van der Waals surface area contributed by atoms with Gasteiger partial charge in [-0.3, -0.25) is 0 Å². The van der Waals surface area contributed by atoms with E-state index in [0.717, 1.165) is 38.2 Å². The number of aliphatic hydroxyl groups excluding tert-OH is 2. The Balaban J connectivity index is 0.942. The summed E-state index contributed by atoms with van der Waals surface area (Å²) >= 11 is 0. The van der Waals surface area contributed by atoms with Crippen LogP contribution in [-0.4, -0.2) is 34.9 Å². The number of nitrogens with two attached hydrogens (primary N) is 1. The largest absolute Gasteiger partial charge is 0.479 e. The smallest absolute Gasteiger partial charge is 0.212 e. The van der Waals surface area contributed by atoms with Gasteiger partial charge in [0.05, 0.1) is 24.2 Å². The van der Waals surface area contributed by atoms with Crippen molar-refractivity contribution in [1.82, 2.24) is 0 Å². The molecule has 10 aliphatic rings. The van der Waals surface area contributed by atoms with Crippen LogP contribution < -0.4 is 5.84 Å². The molecular formula is C60H98N2O3. The molecule has 0 saturated heterocycles. The molecule has 0 spiro atoms. The van der Waals surface area contributed by atoms with E-state index in [1.807, 2.05) is 0 Å². The summed E-state index contributed by atoms with van der Waals surface area (Å²) in [5, 5.41) is 27.5. The normalized spacial score (nSPS) is 56.3. The second-order valence-corrected chi connectivity index (χ2v) is 29.4. The highest BCUT2D eigenvalue weighted by Gasteiger charge is 2.74. The Morgan fingerprint density at radius 1 is 0.508 bits per heavy atom. The fraction of sp³-hybridized carbons (Fsp3) is 0.917. The third-order valence-electron chi connectivity index (χ3n) is 27.3. The zero-order chi connectivity index (χ0) is 46.9. The fourth-order valence-electron chi connectivity index (χ4n) is 23.5. The molecule has 0 aromatic heterocycles. The van der Waals surface area contributed by atoms with E-state index in [9.17, 15) is 10.2 Å². The minimum absolute atomic E-state index is 0.0179. The van der Waals surface area contributed by atoms with E-state index in [4.69, 9.17) is 28.8 Å². The molecule has 0 bridgehead atoms. The first kappa shape index (κ1) is 47.4. The number of hydrazone groups is 1. The standard InChI is InChI=1S/C60H98N2O3/c1-36(2)38-19-29-59(33-31-55(11)40(48(38)59)15-17-44-53(9)25-23-46(63)51(5,6)42(53)21-27-57(44,55)13)35-65-50(62-61)60-30-20-39(37(3)4)49(60)41-16-18-45-54(10)26-24-47(64)52(7,8)43(54)22-28-58(45,14)56(41,12)32-34-60/h38-49,63-64H,1,3,15-35,61H2,2,4-14H3/t38-,39-,40+,41+,42-,43-,44+,45+,46-,47-,48+,49+,53-,54-,55+,56+,57+,58+,59+,60-/m0/s1. The van der Waals surface area contributed by atoms with Crippen molar-refractivity contribution in [3.05, 3.63) is 24.3 Å². The lowest BCUT2D eigenvalue weighted by molar-refractivity contribution is -0.249. The second kappa shape index (κ2) is 14.9. The van der Waals surface area contributed by atoms with Gasteiger partial charge in [0.15, 0.2) is 0 Å². The van der Waals surface area contributed by atoms with Crippen LogP contribution in [0.5, 0.6) is 0 Å². The Hall–Kier alpha value is -1.33. The van der Waals surface area contributed by atoms with E-state index in [0.29, 0.717) is 64.6 Å². The maximum atomic E-state index is 11.3. The number of fused-ring (bicyclic) bond motifs is 14. The fourth-order valence-corrected chi connectivity index (χ4v) is 23.5.